The molecule has 1 aromatic carbocycles. The van der Waals surface area contributed by atoms with Crippen LogP contribution in [0.1, 0.15) is 25.5 Å². The molecule has 0 spiro atoms. The number of hydrogen-bond acceptors (Lipinski definition) is 4. The summed E-state index contributed by atoms with van der Waals surface area (Å²) in [6.07, 6.45) is 1.98. The van der Waals surface area contributed by atoms with Gasteiger partial charge in [-0.2, -0.15) is 5.26 Å². The number of anilines is 1. The van der Waals surface area contributed by atoms with E-state index in [0.717, 1.165) is 12.8 Å². The van der Waals surface area contributed by atoms with Gasteiger partial charge in [-0.15, -0.1) is 0 Å². The molecule has 0 aliphatic rings. The van der Waals surface area contributed by atoms with Gasteiger partial charge in [0.1, 0.15) is 23.3 Å². The highest BCUT2D eigenvalue weighted by atomic mass is 16.5. The molecule has 0 saturated heterocycles. The molecule has 0 saturated carbocycles. The van der Waals surface area contributed by atoms with Crippen LogP contribution in [0.2, 0.25) is 0 Å². The van der Waals surface area contributed by atoms with Crippen molar-refractivity contribution in [2.75, 3.05) is 12.8 Å². The first-order valence-corrected chi connectivity index (χ1v) is 6.90. The Morgan fingerprint density at radius 1 is 1.29 bits per heavy atom. The predicted molar refractivity (Wildman–Crippen MR) is 81.5 cm³/mol. The molecule has 2 aromatic rings. The van der Waals surface area contributed by atoms with Crippen molar-refractivity contribution < 1.29 is 9.47 Å². The molecular weight excluding hydrogens is 266 g/mol. The lowest BCUT2D eigenvalue weighted by atomic mass is 10.3. The number of methoxy groups -OCH3 is 1. The molecule has 0 aliphatic heterocycles. The van der Waals surface area contributed by atoms with Crippen LogP contribution in [0.4, 0.5) is 5.69 Å². The second kappa shape index (κ2) is 6.71. The molecule has 21 heavy (non-hydrogen) atoms. The molecule has 0 aliphatic carbocycles. The van der Waals surface area contributed by atoms with Crippen molar-refractivity contribution in [2.24, 2.45) is 0 Å². The van der Waals surface area contributed by atoms with E-state index in [1.807, 2.05) is 22.8 Å². The zero-order valence-corrected chi connectivity index (χ0v) is 12.3. The van der Waals surface area contributed by atoms with E-state index < -0.39 is 0 Å². The van der Waals surface area contributed by atoms with Gasteiger partial charge in [0.15, 0.2) is 0 Å². The quantitative estimate of drug-likeness (QED) is 0.881. The number of unbranched alkanes of at least 4 members (excludes halogenated alkanes) is 1. The largest absolute Gasteiger partial charge is 0.497 e. The Morgan fingerprint density at radius 3 is 2.71 bits per heavy atom. The Kier molecular flexibility index (Phi) is 4.72. The second-order valence-corrected chi connectivity index (χ2v) is 4.69. The number of hydrogen-bond donors (Lipinski definition) is 1. The average molecular weight is 285 g/mol. The van der Waals surface area contributed by atoms with Crippen molar-refractivity contribution in [1.82, 2.24) is 4.57 Å². The SMILES string of the molecule is CCCCn1c(C#N)cc(N)c1Oc1cccc(OC)c1. The third kappa shape index (κ3) is 3.29. The highest BCUT2D eigenvalue weighted by molar-refractivity contribution is 5.56. The maximum Gasteiger partial charge on any atom is 0.224 e. The van der Waals surface area contributed by atoms with Crippen LogP contribution >= 0.6 is 0 Å². The number of aromatic nitrogens is 1. The van der Waals surface area contributed by atoms with Gasteiger partial charge >= 0.3 is 0 Å². The van der Waals surface area contributed by atoms with Crippen molar-refractivity contribution in [3.05, 3.63) is 36.0 Å². The fourth-order valence-electron chi connectivity index (χ4n) is 2.07. The fraction of sp³-hybridized carbons (Fsp3) is 0.312. The van der Waals surface area contributed by atoms with Gasteiger partial charge < -0.3 is 19.8 Å². The molecule has 0 unspecified atom stereocenters. The average Bonchev–Trinajstić information content (AvgIpc) is 2.81. The molecule has 0 fully saturated rings. The lowest BCUT2D eigenvalue weighted by Crippen LogP contribution is -2.03. The van der Waals surface area contributed by atoms with E-state index in [1.54, 1.807) is 19.2 Å². The van der Waals surface area contributed by atoms with E-state index in [2.05, 4.69) is 13.0 Å². The third-order valence-electron chi connectivity index (χ3n) is 3.18. The first-order valence-electron chi connectivity index (χ1n) is 6.90. The lowest BCUT2D eigenvalue weighted by Gasteiger charge is -2.12. The summed E-state index contributed by atoms with van der Waals surface area (Å²) < 4.78 is 12.9. The zero-order valence-electron chi connectivity index (χ0n) is 12.3. The second-order valence-electron chi connectivity index (χ2n) is 4.69. The van der Waals surface area contributed by atoms with E-state index in [4.69, 9.17) is 15.2 Å². The summed E-state index contributed by atoms with van der Waals surface area (Å²) in [6, 6.07) is 11.1. The van der Waals surface area contributed by atoms with Crippen molar-refractivity contribution >= 4 is 5.69 Å². The van der Waals surface area contributed by atoms with Crippen LogP contribution < -0.4 is 15.2 Å². The van der Waals surface area contributed by atoms with E-state index in [9.17, 15) is 5.26 Å². The fourth-order valence-corrected chi connectivity index (χ4v) is 2.07. The van der Waals surface area contributed by atoms with Gasteiger partial charge in [-0.1, -0.05) is 19.4 Å². The molecule has 0 bridgehead atoms. The summed E-state index contributed by atoms with van der Waals surface area (Å²) in [5, 5.41) is 9.20. The summed E-state index contributed by atoms with van der Waals surface area (Å²) >= 11 is 0. The molecule has 5 nitrogen and oxygen atoms in total. The monoisotopic (exact) mass is 285 g/mol. The number of nitrogen functional groups attached to an aromatic ring is 1. The Balaban J connectivity index is 2.34. The normalized spacial score (nSPS) is 10.1. The van der Waals surface area contributed by atoms with Gasteiger partial charge in [0.25, 0.3) is 0 Å². The molecule has 110 valence electrons. The van der Waals surface area contributed by atoms with Crippen molar-refractivity contribution in [2.45, 2.75) is 26.3 Å². The summed E-state index contributed by atoms with van der Waals surface area (Å²) in [7, 11) is 1.60. The number of nitrogens with two attached hydrogens (primary N) is 1. The van der Waals surface area contributed by atoms with Gasteiger partial charge in [0.05, 0.1) is 12.8 Å². The molecular formula is C16H19N3O2. The predicted octanol–water partition coefficient (Wildman–Crippen LogP) is 3.54. The van der Waals surface area contributed by atoms with Gasteiger partial charge in [-0.25, -0.2) is 0 Å². The van der Waals surface area contributed by atoms with E-state index >= 15 is 0 Å². The smallest absolute Gasteiger partial charge is 0.224 e. The number of rotatable bonds is 6. The molecule has 0 radical (unpaired) electrons. The van der Waals surface area contributed by atoms with Crippen molar-refractivity contribution in [1.29, 1.82) is 5.26 Å². The highest BCUT2D eigenvalue weighted by Crippen LogP contribution is 2.32. The maximum atomic E-state index is 9.20. The summed E-state index contributed by atoms with van der Waals surface area (Å²) in [6.45, 7) is 2.80. The van der Waals surface area contributed by atoms with Crippen LogP contribution in [0.5, 0.6) is 17.4 Å². The topological polar surface area (TPSA) is 73.2 Å². The number of nitrogens with zero attached hydrogens (tertiary/aromatic N) is 2. The van der Waals surface area contributed by atoms with Crippen LogP contribution in [0.3, 0.4) is 0 Å². The Labute approximate surface area is 124 Å². The van der Waals surface area contributed by atoms with E-state index in [-0.39, 0.29) is 0 Å². The minimum absolute atomic E-state index is 0.463. The standard InChI is InChI=1S/C16H19N3O2/c1-3-4-8-19-12(11-17)9-15(18)16(19)21-14-7-5-6-13(10-14)20-2/h5-7,9-10H,3-4,8,18H2,1-2H3. The molecule has 2 rings (SSSR count). The van der Waals surface area contributed by atoms with Crippen LogP contribution in [-0.2, 0) is 6.54 Å². The third-order valence-corrected chi connectivity index (χ3v) is 3.18. The molecule has 0 amide bonds. The molecule has 0 atom stereocenters. The van der Waals surface area contributed by atoms with Crippen LogP contribution in [0.15, 0.2) is 30.3 Å². The lowest BCUT2D eigenvalue weighted by molar-refractivity contribution is 0.401. The Hall–Kier alpha value is -2.61. The van der Waals surface area contributed by atoms with Crippen LogP contribution in [0, 0.1) is 11.3 Å². The van der Waals surface area contributed by atoms with E-state index in [0.29, 0.717) is 35.3 Å². The Morgan fingerprint density at radius 2 is 2.05 bits per heavy atom. The first kappa shape index (κ1) is 14.8. The van der Waals surface area contributed by atoms with Crippen LogP contribution in [-0.4, -0.2) is 11.7 Å². The van der Waals surface area contributed by atoms with Crippen molar-refractivity contribution in [3.63, 3.8) is 0 Å². The van der Waals surface area contributed by atoms with Crippen LogP contribution in [0.25, 0.3) is 0 Å². The maximum absolute atomic E-state index is 9.20. The molecule has 1 aromatic heterocycles. The molecule has 1 heterocycles. The van der Waals surface area contributed by atoms with Gasteiger partial charge in [0.2, 0.25) is 5.88 Å². The molecule has 5 heteroatoms. The molecule has 2 N–H and O–H groups in total. The van der Waals surface area contributed by atoms with Gasteiger partial charge in [0, 0.05) is 18.7 Å². The van der Waals surface area contributed by atoms with Gasteiger partial charge in [-0.05, 0) is 18.6 Å². The van der Waals surface area contributed by atoms with Gasteiger partial charge in [-0.3, -0.25) is 0 Å². The minimum atomic E-state index is 0.463. The summed E-state index contributed by atoms with van der Waals surface area (Å²) in [4.78, 5) is 0. The Bertz CT molecular complexity index is 656. The summed E-state index contributed by atoms with van der Waals surface area (Å²) in [5.74, 6) is 1.84. The minimum Gasteiger partial charge on any atom is -0.497 e. The number of ether oxygens (including phenoxy) is 2. The zero-order chi connectivity index (χ0) is 15.2. The number of nitriles is 1. The first-order chi connectivity index (χ1) is 10.2. The highest BCUT2D eigenvalue weighted by Gasteiger charge is 2.15. The summed E-state index contributed by atoms with van der Waals surface area (Å²) in [5.41, 5.74) is 6.96. The van der Waals surface area contributed by atoms with E-state index in [1.165, 1.54) is 0 Å². The number of benzene rings is 1. The van der Waals surface area contributed by atoms with Crippen molar-refractivity contribution in [3.8, 4) is 23.4 Å².